The van der Waals surface area contributed by atoms with Gasteiger partial charge in [-0.05, 0) is 24.6 Å². The minimum atomic E-state index is 0.264. The number of benzene rings is 1. The standard InChI is InChI=1S/C15H16N2O/c1-2-4-12(5-3-1)13-6-7-15(17-10-13)18-14-8-9-16-11-14/h1-7,10,14,16H,8-9,11H2. The van der Waals surface area contributed by atoms with Crippen molar-refractivity contribution in [2.45, 2.75) is 12.5 Å². The Bertz CT molecular complexity index is 490. The maximum absolute atomic E-state index is 5.79. The van der Waals surface area contributed by atoms with Crippen LogP contribution < -0.4 is 10.1 Å². The summed E-state index contributed by atoms with van der Waals surface area (Å²) in [6.07, 6.45) is 3.19. The minimum absolute atomic E-state index is 0.264. The monoisotopic (exact) mass is 240 g/mol. The van der Waals surface area contributed by atoms with E-state index < -0.39 is 0 Å². The molecule has 1 aliphatic rings. The molecule has 1 fully saturated rings. The smallest absolute Gasteiger partial charge is 0.213 e. The van der Waals surface area contributed by atoms with E-state index in [1.807, 2.05) is 30.5 Å². The van der Waals surface area contributed by atoms with Crippen LogP contribution >= 0.6 is 0 Å². The van der Waals surface area contributed by atoms with Crippen molar-refractivity contribution in [2.75, 3.05) is 13.1 Å². The Kier molecular flexibility index (Phi) is 3.24. The maximum Gasteiger partial charge on any atom is 0.213 e. The molecule has 0 spiro atoms. The molecule has 1 saturated heterocycles. The van der Waals surface area contributed by atoms with E-state index in [4.69, 9.17) is 4.74 Å². The van der Waals surface area contributed by atoms with Crippen LogP contribution in [0.15, 0.2) is 48.7 Å². The average molecular weight is 240 g/mol. The van der Waals surface area contributed by atoms with E-state index in [0.717, 1.165) is 25.1 Å². The third-order valence-corrected chi connectivity index (χ3v) is 3.15. The Hall–Kier alpha value is -1.87. The second-order valence-electron chi connectivity index (χ2n) is 4.48. The zero-order chi connectivity index (χ0) is 12.2. The van der Waals surface area contributed by atoms with Crippen molar-refractivity contribution in [3.63, 3.8) is 0 Å². The molecule has 0 bridgehead atoms. The Morgan fingerprint density at radius 3 is 2.61 bits per heavy atom. The van der Waals surface area contributed by atoms with E-state index in [1.165, 1.54) is 5.56 Å². The highest BCUT2D eigenvalue weighted by molar-refractivity contribution is 5.62. The van der Waals surface area contributed by atoms with Crippen molar-refractivity contribution in [2.24, 2.45) is 0 Å². The first-order chi connectivity index (χ1) is 8.92. The van der Waals surface area contributed by atoms with Gasteiger partial charge in [0.05, 0.1) is 0 Å². The van der Waals surface area contributed by atoms with Gasteiger partial charge in [0.2, 0.25) is 5.88 Å². The first kappa shape index (κ1) is 11.2. The van der Waals surface area contributed by atoms with Gasteiger partial charge < -0.3 is 10.1 Å². The fourth-order valence-electron chi connectivity index (χ4n) is 2.15. The van der Waals surface area contributed by atoms with E-state index in [-0.39, 0.29) is 6.10 Å². The summed E-state index contributed by atoms with van der Waals surface area (Å²) >= 11 is 0. The zero-order valence-electron chi connectivity index (χ0n) is 10.2. The highest BCUT2D eigenvalue weighted by Crippen LogP contribution is 2.20. The van der Waals surface area contributed by atoms with Crippen LogP contribution in [0, 0.1) is 0 Å². The van der Waals surface area contributed by atoms with Crippen LogP contribution in [0.3, 0.4) is 0 Å². The summed E-state index contributed by atoms with van der Waals surface area (Å²) in [6, 6.07) is 14.2. The summed E-state index contributed by atoms with van der Waals surface area (Å²) in [6.45, 7) is 1.95. The van der Waals surface area contributed by atoms with Gasteiger partial charge in [0.25, 0.3) is 0 Å². The minimum Gasteiger partial charge on any atom is -0.473 e. The number of nitrogens with one attached hydrogen (secondary N) is 1. The molecule has 1 aromatic heterocycles. The van der Waals surface area contributed by atoms with Crippen molar-refractivity contribution >= 4 is 0 Å². The molecule has 3 nitrogen and oxygen atoms in total. The molecule has 1 unspecified atom stereocenters. The van der Waals surface area contributed by atoms with Gasteiger partial charge in [-0.3, -0.25) is 0 Å². The molecule has 1 aromatic carbocycles. The fourth-order valence-corrected chi connectivity index (χ4v) is 2.15. The summed E-state index contributed by atoms with van der Waals surface area (Å²) in [5, 5.41) is 3.28. The van der Waals surface area contributed by atoms with Gasteiger partial charge in [0, 0.05) is 24.4 Å². The van der Waals surface area contributed by atoms with Crippen LogP contribution in [-0.4, -0.2) is 24.2 Å². The van der Waals surface area contributed by atoms with Gasteiger partial charge in [-0.2, -0.15) is 0 Å². The lowest BCUT2D eigenvalue weighted by atomic mass is 10.1. The van der Waals surface area contributed by atoms with Crippen LogP contribution in [0.25, 0.3) is 11.1 Å². The highest BCUT2D eigenvalue weighted by atomic mass is 16.5. The number of hydrogen-bond donors (Lipinski definition) is 1. The summed E-state index contributed by atoms with van der Waals surface area (Å²) in [5.41, 5.74) is 2.30. The number of aromatic nitrogens is 1. The van der Waals surface area contributed by atoms with Crippen molar-refractivity contribution in [1.82, 2.24) is 10.3 Å². The second kappa shape index (κ2) is 5.19. The van der Waals surface area contributed by atoms with Crippen molar-refractivity contribution in [1.29, 1.82) is 0 Å². The number of pyridine rings is 1. The molecule has 92 valence electrons. The van der Waals surface area contributed by atoms with E-state index >= 15 is 0 Å². The SMILES string of the molecule is c1ccc(-c2ccc(OC3CCNC3)nc2)cc1. The molecule has 3 heteroatoms. The lowest BCUT2D eigenvalue weighted by Gasteiger charge is -2.11. The Morgan fingerprint density at radius 1 is 1.06 bits per heavy atom. The lowest BCUT2D eigenvalue weighted by molar-refractivity contribution is 0.214. The molecular weight excluding hydrogens is 224 g/mol. The molecule has 1 atom stereocenters. The molecule has 0 amide bonds. The van der Waals surface area contributed by atoms with E-state index in [0.29, 0.717) is 5.88 Å². The summed E-state index contributed by atoms with van der Waals surface area (Å²) < 4.78 is 5.79. The first-order valence-corrected chi connectivity index (χ1v) is 6.31. The van der Waals surface area contributed by atoms with Gasteiger partial charge in [-0.15, -0.1) is 0 Å². The van der Waals surface area contributed by atoms with Crippen molar-refractivity contribution in [3.05, 3.63) is 48.7 Å². The molecule has 2 heterocycles. The molecular formula is C15H16N2O. The second-order valence-corrected chi connectivity index (χ2v) is 4.48. The van der Waals surface area contributed by atoms with Crippen LogP contribution in [0.4, 0.5) is 0 Å². The molecule has 18 heavy (non-hydrogen) atoms. The molecule has 0 saturated carbocycles. The molecule has 0 radical (unpaired) electrons. The predicted molar refractivity (Wildman–Crippen MR) is 71.6 cm³/mol. The van der Waals surface area contributed by atoms with E-state index in [2.05, 4.69) is 28.5 Å². The van der Waals surface area contributed by atoms with Gasteiger partial charge in [0.1, 0.15) is 6.10 Å². The predicted octanol–water partition coefficient (Wildman–Crippen LogP) is 2.49. The quantitative estimate of drug-likeness (QED) is 0.895. The van der Waals surface area contributed by atoms with Crippen LogP contribution in [0.2, 0.25) is 0 Å². The van der Waals surface area contributed by atoms with Gasteiger partial charge in [0.15, 0.2) is 0 Å². The third kappa shape index (κ3) is 2.51. The number of hydrogen-bond acceptors (Lipinski definition) is 3. The number of rotatable bonds is 3. The first-order valence-electron chi connectivity index (χ1n) is 6.31. The van der Waals surface area contributed by atoms with Gasteiger partial charge in [-0.25, -0.2) is 4.98 Å². The van der Waals surface area contributed by atoms with E-state index in [1.54, 1.807) is 0 Å². The lowest BCUT2D eigenvalue weighted by Crippen LogP contribution is -2.19. The maximum atomic E-state index is 5.79. The van der Waals surface area contributed by atoms with Crippen molar-refractivity contribution in [3.8, 4) is 17.0 Å². The largest absolute Gasteiger partial charge is 0.473 e. The molecule has 1 N–H and O–H groups in total. The van der Waals surface area contributed by atoms with Crippen molar-refractivity contribution < 1.29 is 4.74 Å². The molecule has 0 aliphatic carbocycles. The summed E-state index contributed by atoms with van der Waals surface area (Å²) in [4.78, 5) is 4.37. The molecule has 1 aliphatic heterocycles. The summed E-state index contributed by atoms with van der Waals surface area (Å²) in [7, 11) is 0. The third-order valence-electron chi connectivity index (χ3n) is 3.15. The molecule has 3 rings (SSSR count). The van der Waals surface area contributed by atoms with Crippen LogP contribution in [0.1, 0.15) is 6.42 Å². The van der Waals surface area contributed by atoms with Gasteiger partial charge in [-0.1, -0.05) is 30.3 Å². The Labute approximate surface area is 107 Å². The van der Waals surface area contributed by atoms with Crippen LogP contribution in [-0.2, 0) is 0 Å². The normalized spacial score (nSPS) is 18.8. The summed E-state index contributed by atoms with van der Waals surface area (Å²) in [5.74, 6) is 0.711. The van der Waals surface area contributed by atoms with Gasteiger partial charge >= 0.3 is 0 Å². The number of nitrogens with zero attached hydrogens (tertiary/aromatic N) is 1. The number of ether oxygens (including phenoxy) is 1. The van der Waals surface area contributed by atoms with E-state index in [9.17, 15) is 0 Å². The average Bonchev–Trinajstić information content (AvgIpc) is 2.94. The molecule has 2 aromatic rings. The Morgan fingerprint density at radius 2 is 1.94 bits per heavy atom. The topological polar surface area (TPSA) is 34.1 Å². The van der Waals surface area contributed by atoms with Crippen LogP contribution in [0.5, 0.6) is 5.88 Å². The fraction of sp³-hybridized carbons (Fsp3) is 0.267. The Balaban J connectivity index is 1.72. The highest BCUT2D eigenvalue weighted by Gasteiger charge is 2.16. The zero-order valence-corrected chi connectivity index (χ0v) is 10.2.